The molecule has 0 aromatic heterocycles. The maximum absolute atomic E-state index is 6.68. The minimum Gasteiger partial charge on any atom is -0.320 e. The standard InChI is InChI=1S/C17H21ClN2/c1-17(19,14-9-11-15(18)12-10-14)16(20(2)3)13-7-5-4-6-8-13/h4-12,16H,19H2,1-3H3. The number of nitrogens with two attached hydrogens (primary N) is 1. The largest absolute Gasteiger partial charge is 0.320 e. The van der Waals surface area contributed by atoms with Gasteiger partial charge in [-0.15, -0.1) is 0 Å². The highest BCUT2D eigenvalue weighted by Crippen LogP contribution is 2.36. The van der Waals surface area contributed by atoms with Crippen LogP contribution in [0.4, 0.5) is 0 Å². The number of halogens is 1. The van der Waals surface area contributed by atoms with Crippen molar-refractivity contribution < 1.29 is 0 Å². The molecule has 0 aliphatic rings. The average Bonchev–Trinajstić information content (AvgIpc) is 2.39. The molecule has 0 heterocycles. The van der Waals surface area contributed by atoms with E-state index in [1.165, 1.54) is 5.56 Å². The first-order chi connectivity index (χ1) is 9.43. The van der Waals surface area contributed by atoms with Crippen molar-refractivity contribution >= 4 is 11.6 Å². The van der Waals surface area contributed by atoms with Crippen LogP contribution in [-0.2, 0) is 5.54 Å². The van der Waals surface area contributed by atoms with Crippen LogP contribution >= 0.6 is 11.6 Å². The van der Waals surface area contributed by atoms with Gasteiger partial charge >= 0.3 is 0 Å². The maximum atomic E-state index is 6.68. The zero-order valence-corrected chi connectivity index (χ0v) is 12.9. The van der Waals surface area contributed by atoms with E-state index in [9.17, 15) is 0 Å². The summed E-state index contributed by atoms with van der Waals surface area (Å²) in [6, 6.07) is 18.2. The van der Waals surface area contributed by atoms with Gasteiger partial charge in [-0.2, -0.15) is 0 Å². The van der Waals surface area contributed by atoms with Crippen LogP contribution in [0.2, 0.25) is 5.02 Å². The molecule has 2 aromatic rings. The van der Waals surface area contributed by atoms with Crippen LogP contribution in [0.15, 0.2) is 54.6 Å². The fourth-order valence-corrected chi connectivity index (χ4v) is 2.91. The Bertz CT molecular complexity index is 547. The van der Waals surface area contributed by atoms with Crippen molar-refractivity contribution in [2.45, 2.75) is 18.5 Å². The highest BCUT2D eigenvalue weighted by atomic mass is 35.5. The zero-order chi connectivity index (χ0) is 14.8. The first-order valence-corrected chi connectivity index (χ1v) is 7.07. The van der Waals surface area contributed by atoms with Crippen LogP contribution in [0.5, 0.6) is 0 Å². The molecule has 2 aromatic carbocycles. The number of likely N-dealkylation sites (N-methyl/N-ethyl adjacent to an activating group) is 1. The Hall–Kier alpha value is -1.35. The Morgan fingerprint density at radius 2 is 1.55 bits per heavy atom. The molecule has 0 amide bonds. The molecule has 0 fully saturated rings. The molecule has 2 N–H and O–H groups in total. The predicted octanol–water partition coefficient (Wildman–Crippen LogP) is 3.82. The normalized spacial score (nSPS) is 15.9. The van der Waals surface area contributed by atoms with Gasteiger partial charge in [-0.25, -0.2) is 0 Å². The van der Waals surface area contributed by atoms with Gasteiger partial charge in [0.1, 0.15) is 0 Å². The van der Waals surface area contributed by atoms with E-state index in [1.54, 1.807) is 0 Å². The lowest BCUT2D eigenvalue weighted by Gasteiger charge is -2.39. The zero-order valence-electron chi connectivity index (χ0n) is 12.2. The SMILES string of the molecule is CN(C)C(c1ccccc1)C(C)(N)c1ccc(Cl)cc1. The van der Waals surface area contributed by atoms with Crippen molar-refractivity contribution in [2.24, 2.45) is 5.73 Å². The Balaban J connectivity index is 2.45. The quantitative estimate of drug-likeness (QED) is 0.927. The molecule has 2 nitrogen and oxygen atoms in total. The molecule has 0 aliphatic heterocycles. The first-order valence-electron chi connectivity index (χ1n) is 6.69. The van der Waals surface area contributed by atoms with Gasteiger partial charge < -0.3 is 10.6 Å². The second-order valence-electron chi connectivity index (χ2n) is 5.57. The molecule has 0 saturated heterocycles. The topological polar surface area (TPSA) is 29.3 Å². The van der Waals surface area contributed by atoms with Crippen LogP contribution in [0.1, 0.15) is 24.1 Å². The average molecular weight is 289 g/mol. The molecule has 106 valence electrons. The lowest BCUT2D eigenvalue weighted by atomic mass is 9.81. The number of hydrogen-bond donors (Lipinski definition) is 1. The van der Waals surface area contributed by atoms with Gasteiger partial charge in [0.2, 0.25) is 0 Å². The molecule has 2 unspecified atom stereocenters. The molecule has 3 heteroatoms. The van der Waals surface area contributed by atoms with E-state index in [0.29, 0.717) is 0 Å². The van der Waals surface area contributed by atoms with Crippen molar-refractivity contribution in [3.63, 3.8) is 0 Å². The Kier molecular flexibility index (Phi) is 4.48. The minimum atomic E-state index is -0.505. The predicted molar refractivity (Wildman–Crippen MR) is 85.9 cm³/mol. The van der Waals surface area contributed by atoms with Gasteiger partial charge in [-0.3, -0.25) is 0 Å². The lowest BCUT2D eigenvalue weighted by Crippen LogP contribution is -2.45. The van der Waals surface area contributed by atoms with Gasteiger partial charge in [-0.05, 0) is 44.3 Å². The third kappa shape index (κ3) is 3.04. The minimum absolute atomic E-state index is 0.0878. The van der Waals surface area contributed by atoms with Crippen LogP contribution in [0.3, 0.4) is 0 Å². The van der Waals surface area contributed by atoms with Gasteiger partial charge in [0.05, 0.1) is 11.6 Å². The Labute approximate surface area is 126 Å². The summed E-state index contributed by atoms with van der Waals surface area (Å²) < 4.78 is 0. The third-order valence-electron chi connectivity index (χ3n) is 3.67. The first kappa shape index (κ1) is 15.0. The summed E-state index contributed by atoms with van der Waals surface area (Å²) >= 11 is 5.97. The summed E-state index contributed by atoms with van der Waals surface area (Å²) in [6.07, 6.45) is 0. The summed E-state index contributed by atoms with van der Waals surface area (Å²) in [6.45, 7) is 2.06. The summed E-state index contributed by atoms with van der Waals surface area (Å²) in [5.41, 5.74) is 8.46. The number of hydrogen-bond acceptors (Lipinski definition) is 2. The van der Waals surface area contributed by atoms with Crippen molar-refractivity contribution in [1.82, 2.24) is 4.90 Å². The van der Waals surface area contributed by atoms with Crippen molar-refractivity contribution in [3.05, 3.63) is 70.7 Å². The van der Waals surface area contributed by atoms with E-state index in [1.807, 2.05) is 42.5 Å². The highest BCUT2D eigenvalue weighted by Gasteiger charge is 2.34. The molecule has 20 heavy (non-hydrogen) atoms. The van der Waals surface area contributed by atoms with Gasteiger partial charge in [0.15, 0.2) is 0 Å². The summed E-state index contributed by atoms with van der Waals surface area (Å²) in [7, 11) is 4.11. The molecule has 0 spiro atoms. The van der Waals surface area contributed by atoms with Crippen molar-refractivity contribution in [3.8, 4) is 0 Å². The molecule has 0 bridgehead atoms. The van der Waals surface area contributed by atoms with E-state index < -0.39 is 5.54 Å². The van der Waals surface area contributed by atoms with Crippen molar-refractivity contribution in [1.29, 1.82) is 0 Å². The monoisotopic (exact) mass is 288 g/mol. The fourth-order valence-electron chi connectivity index (χ4n) is 2.78. The van der Waals surface area contributed by atoms with Gasteiger partial charge in [0.25, 0.3) is 0 Å². The lowest BCUT2D eigenvalue weighted by molar-refractivity contribution is 0.191. The Morgan fingerprint density at radius 1 is 1.00 bits per heavy atom. The molecular weight excluding hydrogens is 268 g/mol. The van der Waals surface area contributed by atoms with Crippen molar-refractivity contribution in [2.75, 3.05) is 14.1 Å². The van der Waals surface area contributed by atoms with E-state index in [0.717, 1.165) is 10.6 Å². The number of nitrogens with zero attached hydrogens (tertiary/aromatic N) is 1. The van der Waals surface area contributed by atoms with Crippen LogP contribution in [-0.4, -0.2) is 19.0 Å². The number of benzene rings is 2. The second kappa shape index (κ2) is 5.96. The molecular formula is C17H21ClN2. The van der Waals surface area contributed by atoms with Gasteiger partial charge in [0, 0.05) is 5.02 Å². The van der Waals surface area contributed by atoms with Crippen LogP contribution in [0, 0.1) is 0 Å². The van der Waals surface area contributed by atoms with E-state index in [4.69, 9.17) is 17.3 Å². The Morgan fingerprint density at radius 3 is 2.05 bits per heavy atom. The molecule has 0 saturated carbocycles. The molecule has 0 aliphatic carbocycles. The van der Waals surface area contributed by atoms with Gasteiger partial charge in [-0.1, -0.05) is 54.1 Å². The molecule has 0 radical (unpaired) electrons. The van der Waals surface area contributed by atoms with E-state index in [2.05, 4.69) is 38.1 Å². The van der Waals surface area contributed by atoms with E-state index >= 15 is 0 Å². The second-order valence-corrected chi connectivity index (χ2v) is 6.00. The summed E-state index contributed by atoms with van der Waals surface area (Å²) in [5.74, 6) is 0. The summed E-state index contributed by atoms with van der Waals surface area (Å²) in [4.78, 5) is 2.16. The fraction of sp³-hybridized carbons (Fsp3) is 0.294. The third-order valence-corrected chi connectivity index (χ3v) is 3.92. The van der Waals surface area contributed by atoms with Crippen LogP contribution in [0.25, 0.3) is 0 Å². The maximum Gasteiger partial charge on any atom is 0.0580 e. The number of rotatable bonds is 4. The van der Waals surface area contributed by atoms with E-state index in [-0.39, 0.29) is 6.04 Å². The van der Waals surface area contributed by atoms with Crippen LogP contribution < -0.4 is 5.73 Å². The molecule has 2 atom stereocenters. The highest BCUT2D eigenvalue weighted by molar-refractivity contribution is 6.30. The summed E-state index contributed by atoms with van der Waals surface area (Å²) in [5, 5.41) is 0.727. The molecule has 2 rings (SSSR count). The smallest absolute Gasteiger partial charge is 0.0580 e.